The second kappa shape index (κ2) is 9.96. The van der Waals surface area contributed by atoms with Crippen LogP contribution in [0.4, 0.5) is 0 Å². The second-order valence-electron chi connectivity index (χ2n) is 11.9. The first-order valence-corrected chi connectivity index (χ1v) is 24.4. The van der Waals surface area contributed by atoms with E-state index >= 15 is 0 Å². The Labute approximate surface area is 188 Å². The summed E-state index contributed by atoms with van der Waals surface area (Å²) in [5, 5.41) is 3.05. The van der Waals surface area contributed by atoms with Crippen LogP contribution in [0.15, 0.2) is 0 Å². The van der Waals surface area contributed by atoms with Crippen LogP contribution in [0, 0.1) is 0 Å². The Morgan fingerprint density at radius 1 is 0.633 bits per heavy atom. The van der Waals surface area contributed by atoms with Crippen LogP contribution in [0.25, 0.3) is 0 Å². The van der Waals surface area contributed by atoms with Gasteiger partial charge >= 0.3 is 0 Å². The minimum atomic E-state index is -1.99. The van der Waals surface area contributed by atoms with Crippen molar-refractivity contribution in [2.24, 2.45) is 0 Å². The number of ether oxygens (including phenoxy) is 1. The first kappa shape index (κ1) is 28.2. The smallest absolute Gasteiger partial charge is 0.217 e. The fourth-order valence-electron chi connectivity index (χ4n) is 3.17. The Balaban J connectivity index is 3.49. The van der Waals surface area contributed by atoms with E-state index in [4.69, 9.17) is 22.4 Å². The molecule has 0 aliphatic carbocycles. The maximum atomic E-state index is 12.1. The summed E-state index contributed by atoms with van der Waals surface area (Å²) in [6.07, 6.45) is -2.10. The topological polar surface area (TPSA) is 75.3 Å². The highest BCUT2D eigenvalue weighted by Crippen LogP contribution is 2.33. The number of amides is 1. The maximum absolute atomic E-state index is 12.1. The summed E-state index contributed by atoms with van der Waals surface area (Å²) in [6.45, 7) is 27.1. The lowest BCUT2D eigenvalue weighted by Crippen LogP contribution is -2.69. The van der Waals surface area contributed by atoms with Gasteiger partial charge in [0.05, 0.1) is 6.10 Å². The van der Waals surface area contributed by atoms with Gasteiger partial charge in [0.2, 0.25) is 5.91 Å². The van der Waals surface area contributed by atoms with Crippen LogP contribution in [0.1, 0.15) is 6.92 Å². The average Bonchev–Trinajstić information content (AvgIpc) is 2.40. The van der Waals surface area contributed by atoms with Crippen molar-refractivity contribution < 1.29 is 27.2 Å². The van der Waals surface area contributed by atoms with Crippen molar-refractivity contribution in [3.63, 3.8) is 0 Å². The molecule has 0 saturated carbocycles. The quantitative estimate of drug-likeness (QED) is 0.480. The Kier molecular flexibility index (Phi) is 9.35. The number of rotatable bonds is 9. The molecule has 1 heterocycles. The molecule has 0 aromatic rings. The van der Waals surface area contributed by atoms with E-state index in [9.17, 15) is 4.79 Å². The van der Waals surface area contributed by atoms with Crippen LogP contribution in [0.5, 0.6) is 0 Å². The van der Waals surface area contributed by atoms with Gasteiger partial charge in [-0.2, -0.15) is 0 Å². The molecule has 1 saturated heterocycles. The van der Waals surface area contributed by atoms with E-state index in [0.717, 1.165) is 0 Å². The first-order valence-electron chi connectivity index (χ1n) is 10.8. The van der Waals surface area contributed by atoms with Gasteiger partial charge in [-0.3, -0.25) is 4.79 Å². The normalized spacial score (nSPS) is 29.0. The average molecular weight is 496 g/mol. The van der Waals surface area contributed by atoms with Crippen molar-refractivity contribution in [2.45, 2.75) is 116 Å². The summed E-state index contributed by atoms with van der Waals surface area (Å²) in [5.41, 5.74) is 0. The Morgan fingerprint density at radius 2 is 1.00 bits per heavy atom. The van der Waals surface area contributed by atoms with Gasteiger partial charge in [-0.1, -0.05) is 0 Å². The molecule has 0 unspecified atom stereocenters. The molecule has 0 spiro atoms. The third kappa shape index (κ3) is 10.6. The summed E-state index contributed by atoms with van der Waals surface area (Å²) in [7, 11) is -7.90. The Bertz CT molecular complexity index is 580. The third-order valence-electron chi connectivity index (χ3n) is 3.80. The minimum absolute atomic E-state index is 0.145. The molecule has 7 nitrogen and oxygen atoms in total. The fraction of sp³-hybridized carbons (Fsp3) is 0.947. The van der Waals surface area contributed by atoms with Gasteiger partial charge in [0.15, 0.2) is 45.8 Å². The van der Waals surface area contributed by atoms with E-state index in [1.165, 1.54) is 6.92 Å². The van der Waals surface area contributed by atoms with E-state index in [1.54, 1.807) is 0 Å². The van der Waals surface area contributed by atoms with Crippen molar-refractivity contribution in [1.29, 1.82) is 0 Å². The molecule has 1 aliphatic rings. The molecule has 5 atom stereocenters. The fourth-order valence-corrected chi connectivity index (χ4v) is 7.11. The van der Waals surface area contributed by atoms with Crippen LogP contribution in [0.3, 0.4) is 0 Å². The van der Waals surface area contributed by atoms with E-state index < -0.39 is 64.1 Å². The molecule has 0 aromatic heterocycles. The second-order valence-corrected chi connectivity index (χ2v) is 29.8. The van der Waals surface area contributed by atoms with Crippen LogP contribution in [0.2, 0.25) is 78.6 Å². The van der Waals surface area contributed by atoms with Gasteiger partial charge < -0.3 is 27.8 Å². The molecule has 0 bridgehead atoms. The van der Waals surface area contributed by atoms with Gasteiger partial charge in [-0.25, -0.2) is 0 Å². The summed E-state index contributed by atoms with van der Waals surface area (Å²) in [5.74, 6) is -0.145. The lowest BCUT2D eigenvalue weighted by Gasteiger charge is -2.51. The SMILES string of the molecule is CC(=O)N[C@H]1[C@H](O[Si](C)(C)C)O[C@H](O[Si](C)(C)C)[C@@H](O[Si](C)(C)C)[C@@H]1O[Si](C)(C)C. The van der Waals surface area contributed by atoms with Crippen molar-refractivity contribution >= 4 is 39.2 Å². The summed E-state index contributed by atoms with van der Waals surface area (Å²) in [6, 6.07) is -0.469. The molecule has 1 rings (SSSR count). The third-order valence-corrected chi connectivity index (χ3v) is 7.63. The van der Waals surface area contributed by atoms with Crippen LogP contribution < -0.4 is 5.32 Å². The zero-order chi connectivity index (χ0) is 23.7. The molecule has 1 amide bonds. The zero-order valence-electron chi connectivity index (χ0n) is 21.3. The molecular weight excluding hydrogens is 451 g/mol. The standard InChI is InChI=1S/C19H45NO6Si4/c1-14(21)20-15-16(23-27(2,3)4)17(24-28(5,6)7)19(26-30(11,12)13)22-18(15)25-29(8,9)10/h15-19H,1-13H3,(H,20,21)/t15-,16-,17+,18+,19-/m1/s1. The number of hydrogen-bond donors (Lipinski definition) is 1. The van der Waals surface area contributed by atoms with Gasteiger partial charge in [0.25, 0.3) is 0 Å². The highest BCUT2D eigenvalue weighted by atomic mass is 28.4. The number of nitrogens with one attached hydrogen (secondary N) is 1. The first-order chi connectivity index (χ1) is 13.2. The highest BCUT2D eigenvalue weighted by Gasteiger charge is 2.52. The Hall–Kier alpha value is 0.138. The zero-order valence-corrected chi connectivity index (χ0v) is 25.3. The van der Waals surface area contributed by atoms with E-state index in [-0.39, 0.29) is 5.91 Å². The van der Waals surface area contributed by atoms with Crippen molar-refractivity contribution in [3.8, 4) is 0 Å². The number of carbonyl (C=O) groups is 1. The minimum Gasteiger partial charge on any atom is -0.410 e. The molecule has 0 aromatic carbocycles. The van der Waals surface area contributed by atoms with Gasteiger partial charge in [-0.15, -0.1) is 0 Å². The van der Waals surface area contributed by atoms with Gasteiger partial charge in [0.1, 0.15) is 12.1 Å². The molecule has 11 heteroatoms. The summed E-state index contributed by atoms with van der Waals surface area (Å²) >= 11 is 0. The van der Waals surface area contributed by atoms with E-state index in [0.29, 0.717) is 0 Å². The molecule has 178 valence electrons. The van der Waals surface area contributed by atoms with Crippen molar-refractivity contribution in [2.75, 3.05) is 0 Å². The number of carbonyl (C=O) groups excluding carboxylic acids is 1. The van der Waals surface area contributed by atoms with Crippen molar-refractivity contribution in [3.05, 3.63) is 0 Å². The summed E-state index contributed by atoms with van der Waals surface area (Å²) in [4.78, 5) is 12.1. The molecular formula is C19H45NO6Si4. The van der Waals surface area contributed by atoms with E-state index in [2.05, 4.69) is 83.9 Å². The van der Waals surface area contributed by atoms with Gasteiger partial charge in [0, 0.05) is 6.92 Å². The predicted molar refractivity (Wildman–Crippen MR) is 132 cm³/mol. The molecule has 30 heavy (non-hydrogen) atoms. The number of hydrogen-bond acceptors (Lipinski definition) is 6. The largest absolute Gasteiger partial charge is 0.410 e. The van der Waals surface area contributed by atoms with Crippen LogP contribution in [-0.2, 0) is 27.2 Å². The predicted octanol–water partition coefficient (Wildman–Crippen LogP) is 4.32. The lowest BCUT2D eigenvalue weighted by molar-refractivity contribution is -0.285. The maximum Gasteiger partial charge on any atom is 0.217 e. The monoisotopic (exact) mass is 495 g/mol. The van der Waals surface area contributed by atoms with Crippen molar-refractivity contribution in [1.82, 2.24) is 5.32 Å². The molecule has 1 fully saturated rings. The molecule has 0 radical (unpaired) electrons. The van der Waals surface area contributed by atoms with Crippen LogP contribution in [-0.4, -0.2) is 70.0 Å². The molecule has 1 N–H and O–H groups in total. The lowest BCUT2D eigenvalue weighted by atomic mass is 10.0. The van der Waals surface area contributed by atoms with E-state index in [1.807, 2.05) is 0 Å². The van der Waals surface area contributed by atoms with Crippen LogP contribution >= 0.6 is 0 Å². The summed E-state index contributed by atoms with van der Waals surface area (Å²) < 4.78 is 32.5. The Morgan fingerprint density at radius 3 is 1.37 bits per heavy atom. The highest BCUT2D eigenvalue weighted by molar-refractivity contribution is 6.71. The molecule has 1 aliphatic heterocycles. The van der Waals surface area contributed by atoms with Gasteiger partial charge in [-0.05, 0) is 78.6 Å².